The van der Waals surface area contributed by atoms with Crippen LogP contribution in [0.4, 0.5) is 0 Å². The zero-order chi connectivity index (χ0) is 19.6. The quantitative estimate of drug-likeness (QED) is 0.380. The van der Waals surface area contributed by atoms with Crippen molar-refractivity contribution in [2.45, 2.75) is 39.2 Å². The highest BCUT2D eigenvalue weighted by Crippen LogP contribution is 2.28. The maximum Gasteiger partial charge on any atom is 0.191 e. The van der Waals surface area contributed by atoms with E-state index in [2.05, 4.69) is 60.6 Å². The molecule has 1 rings (SSSR count). The topological polar surface area (TPSA) is 58.1 Å². The van der Waals surface area contributed by atoms with Gasteiger partial charge in [0.1, 0.15) is 0 Å². The molecule has 0 aliphatic heterocycles. The molecule has 2 N–H and O–H groups in total. The fraction of sp³-hybridized carbons (Fsp3) is 0.650. The fourth-order valence-electron chi connectivity index (χ4n) is 2.32. The van der Waals surface area contributed by atoms with Crippen molar-refractivity contribution in [3.63, 3.8) is 0 Å². The number of nitrogens with zero attached hydrogens (tertiary/aromatic N) is 2. The van der Waals surface area contributed by atoms with Gasteiger partial charge in [-0.25, -0.2) is 0 Å². The van der Waals surface area contributed by atoms with Crippen molar-refractivity contribution in [3.05, 3.63) is 23.8 Å². The molecule has 26 heavy (non-hydrogen) atoms. The van der Waals surface area contributed by atoms with Gasteiger partial charge in [-0.3, -0.25) is 4.99 Å². The first-order chi connectivity index (χ1) is 12.3. The second-order valence-electron chi connectivity index (χ2n) is 7.08. The predicted octanol–water partition coefficient (Wildman–Crippen LogP) is 2.53. The minimum absolute atomic E-state index is 0.0659. The largest absolute Gasteiger partial charge is 0.493 e. The molecule has 0 saturated carbocycles. The lowest BCUT2D eigenvalue weighted by Gasteiger charge is -2.33. The molecular formula is C20H36N4O2. The van der Waals surface area contributed by atoms with Crippen LogP contribution in [0.3, 0.4) is 0 Å². The Kier molecular flexibility index (Phi) is 9.27. The van der Waals surface area contributed by atoms with Gasteiger partial charge in [-0.15, -0.1) is 0 Å². The lowest BCUT2D eigenvalue weighted by Crippen LogP contribution is -2.50. The number of aliphatic imine (C=N–C) groups is 1. The van der Waals surface area contributed by atoms with Crippen LogP contribution < -0.4 is 20.1 Å². The van der Waals surface area contributed by atoms with E-state index in [0.717, 1.165) is 43.4 Å². The lowest BCUT2D eigenvalue weighted by atomic mass is 10.0. The van der Waals surface area contributed by atoms with Gasteiger partial charge in [0.15, 0.2) is 17.5 Å². The van der Waals surface area contributed by atoms with E-state index in [9.17, 15) is 0 Å². The van der Waals surface area contributed by atoms with Crippen LogP contribution in [0, 0.1) is 0 Å². The fourth-order valence-corrected chi connectivity index (χ4v) is 2.32. The number of aryl methyl sites for hydroxylation is 1. The number of likely N-dealkylation sites (N-methyl/N-ethyl adjacent to an activating group) is 1. The van der Waals surface area contributed by atoms with Gasteiger partial charge in [0.05, 0.1) is 13.7 Å². The van der Waals surface area contributed by atoms with E-state index in [1.54, 1.807) is 14.2 Å². The van der Waals surface area contributed by atoms with E-state index in [0.29, 0.717) is 6.61 Å². The third kappa shape index (κ3) is 7.12. The summed E-state index contributed by atoms with van der Waals surface area (Å²) in [5.74, 6) is 2.43. The van der Waals surface area contributed by atoms with Gasteiger partial charge in [-0.1, -0.05) is 6.07 Å². The van der Waals surface area contributed by atoms with Crippen molar-refractivity contribution in [3.8, 4) is 11.5 Å². The van der Waals surface area contributed by atoms with E-state index in [1.807, 2.05) is 13.0 Å². The number of hydrogen-bond donors (Lipinski definition) is 2. The molecule has 0 radical (unpaired) electrons. The summed E-state index contributed by atoms with van der Waals surface area (Å²) < 4.78 is 11.0. The summed E-state index contributed by atoms with van der Waals surface area (Å²) >= 11 is 0. The summed E-state index contributed by atoms with van der Waals surface area (Å²) in [6.07, 6.45) is 1.98. The molecular weight excluding hydrogens is 328 g/mol. The monoisotopic (exact) mass is 364 g/mol. The van der Waals surface area contributed by atoms with Crippen LogP contribution in [-0.2, 0) is 6.42 Å². The number of guanidine groups is 1. The molecule has 0 spiro atoms. The summed E-state index contributed by atoms with van der Waals surface area (Å²) in [6.45, 7) is 8.70. The normalized spacial score (nSPS) is 12.2. The Bertz CT molecular complexity index is 571. The third-order valence-electron chi connectivity index (χ3n) is 4.59. The van der Waals surface area contributed by atoms with E-state index >= 15 is 0 Å². The lowest BCUT2D eigenvalue weighted by molar-refractivity contribution is 0.197. The smallest absolute Gasteiger partial charge is 0.191 e. The summed E-state index contributed by atoms with van der Waals surface area (Å²) in [5, 5.41) is 6.77. The zero-order valence-electron chi connectivity index (χ0n) is 17.5. The molecule has 6 heteroatoms. The average Bonchev–Trinajstić information content (AvgIpc) is 2.61. The number of benzene rings is 1. The number of hydrogen-bond acceptors (Lipinski definition) is 4. The van der Waals surface area contributed by atoms with E-state index < -0.39 is 0 Å². The van der Waals surface area contributed by atoms with Crippen molar-refractivity contribution in [1.29, 1.82) is 0 Å². The standard InChI is InChI=1S/C20H36N4O2/c1-8-26-18-14-16(11-12-17(18)25-7)10-9-13-22-19(21-4)23-15-20(2,3)24(5)6/h11-12,14H,8-10,13,15H2,1-7H3,(H2,21,22,23). The Morgan fingerprint density at radius 1 is 1.19 bits per heavy atom. The molecule has 148 valence electrons. The molecule has 0 saturated heterocycles. The highest BCUT2D eigenvalue weighted by atomic mass is 16.5. The Labute approximate surface area is 159 Å². The molecule has 0 aliphatic carbocycles. The van der Waals surface area contributed by atoms with Gasteiger partial charge in [0.2, 0.25) is 0 Å². The molecule has 6 nitrogen and oxygen atoms in total. The minimum Gasteiger partial charge on any atom is -0.493 e. The van der Waals surface area contributed by atoms with Crippen LogP contribution in [0.2, 0.25) is 0 Å². The molecule has 0 unspecified atom stereocenters. The Balaban J connectivity index is 2.44. The second-order valence-corrected chi connectivity index (χ2v) is 7.08. The molecule has 0 aromatic heterocycles. The van der Waals surface area contributed by atoms with Gasteiger partial charge in [-0.05, 0) is 65.4 Å². The first-order valence-electron chi connectivity index (χ1n) is 9.25. The number of rotatable bonds is 10. The van der Waals surface area contributed by atoms with Gasteiger partial charge >= 0.3 is 0 Å². The van der Waals surface area contributed by atoms with E-state index in [1.165, 1.54) is 5.56 Å². The van der Waals surface area contributed by atoms with E-state index in [-0.39, 0.29) is 5.54 Å². The zero-order valence-corrected chi connectivity index (χ0v) is 17.5. The first kappa shape index (κ1) is 22.1. The summed E-state index contributed by atoms with van der Waals surface area (Å²) in [5.41, 5.74) is 1.31. The summed E-state index contributed by atoms with van der Waals surface area (Å²) in [7, 11) is 7.64. The van der Waals surface area contributed by atoms with Crippen LogP contribution in [0.5, 0.6) is 11.5 Å². The SMILES string of the molecule is CCOc1cc(CCCNC(=NC)NCC(C)(C)N(C)C)ccc1OC. The molecule has 1 aromatic carbocycles. The Morgan fingerprint density at radius 3 is 2.50 bits per heavy atom. The molecule has 0 heterocycles. The Morgan fingerprint density at radius 2 is 1.92 bits per heavy atom. The van der Waals surface area contributed by atoms with Crippen LogP contribution in [0.15, 0.2) is 23.2 Å². The van der Waals surface area contributed by atoms with Crippen LogP contribution >= 0.6 is 0 Å². The predicted molar refractivity (Wildman–Crippen MR) is 110 cm³/mol. The molecule has 0 amide bonds. The van der Waals surface area contributed by atoms with Crippen molar-refractivity contribution < 1.29 is 9.47 Å². The highest BCUT2D eigenvalue weighted by molar-refractivity contribution is 5.79. The molecule has 0 fully saturated rings. The van der Waals surface area contributed by atoms with Gasteiger partial charge in [-0.2, -0.15) is 0 Å². The second kappa shape index (κ2) is 10.9. The van der Waals surface area contributed by atoms with Gasteiger partial charge < -0.3 is 25.0 Å². The van der Waals surface area contributed by atoms with Crippen molar-refractivity contribution in [2.75, 3.05) is 47.9 Å². The highest BCUT2D eigenvalue weighted by Gasteiger charge is 2.20. The van der Waals surface area contributed by atoms with Crippen molar-refractivity contribution >= 4 is 5.96 Å². The number of methoxy groups -OCH3 is 1. The molecule has 0 atom stereocenters. The Hall–Kier alpha value is -1.95. The third-order valence-corrected chi connectivity index (χ3v) is 4.59. The minimum atomic E-state index is 0.0659. The first-order valence-corrected chi connectivity index (χ1v) is 9.25. The maximum absolute atomic E-state index is 5.64. The van der Waals surface area contributed by atoms with Crippen molar-refractivity contribution in [2.24, 2.45) is 4.99 Å². The van der Waals surface area contributed by atoms with Crippen molar-refractivity contribution in [1.82, 2.24) is 15.5 Å². The average molecular weight is 365 g/mol. The summed E-state index contributed by atoms with van der Waals surface area (Å²) in [4.78, 5) is 6.50. The van der Waals surface area contributed by atoms with Gasteiger partial charge in [0, 0.05) is 25.7 Å². The molecule has 0 aliphatic rings. The summed E-state index contributed by atoms with van der Waals surface area (Å²) in [6, 6.07) is 6.13. The van der Waals surface area contributed by atoms with E-state index in [4.69, 9.17) is 9.47 Å². The maximum atomic E-state index is 5.64. The van der Waals surface area contributed by atoms with Gasteiger partial charge in [0.25, 0.3) is 0 Å². The number of nitrogens with one attached hydrogen (secondary N) is 2. The van der Waals surface area contributed by atoms with Crippen LogP contribution in [0.25, 0.3) is 0 Å². The molecule has 1 aromatic rings. The van der Waals surface area contributed by atoms with Crippen LogP contribution in [0.1, 0.15) is 32.8 Å². The van der Waals surface area contributed by atoms with Crippen LogP contribution in [-0.4, -0.2) is 64.3 Å². The molecule has 0 bridgehead atoms. The number of ether oxygens (including phenoxy) is 2.